The lowest BCUT2D eigenvalue weighted by atomic mass is 9.99. The molecule has 0 saturated carbocycles. The van der Waals surface area contributed by atoms with E-state index < -0.39 is 49.5 Å². The topological polar surface area (TPSA) is 149 Å². The highest BCUT2D eigenvalue weighted by Gasteiger charge is 2.44. The van der Waals surface area contributed by atoms with E-state index in [0.717, 1.165) is 64.2 Å². The van der Waals surface area contributed by atoms with Gasteiger partial charge >= 0.3 is 0 Å². The van der Waals surface area contributed by atoms with Crippen molar-refractivity contribution in [3.05, 3.63) is 48.6 Å². The molecule has 9 heteroatoms. The van der Waals surface area contributed by atoms with Crippen LogP contribution in [0, 0.1) is 0 Å². The van der Waals surface area contributed by atoms with Crippen LogP contribution in [0.1, 0.15) is 296 Å². The molecular weight excluding hydrogens is 911 g/mol. The number of nitrogens with one attached hydrogen (secondary N) is 1. The summed E-state index contributed by atoms with van der Waals surface area (Å²) in [6.07, 6.45) is 64.8. The Morgan fingerprint density at radius 1 is 0.466 bits per heavy atom. The number of ether oxygens (including phenoxy) is 2. The van der Waals surface area contributed by atoms with Gasteiger partial charge in [0, 0.05) is 6.42 Å². The molecular formula is C64H119NO8. The van der Waals surface area contributed by atoms with E-state index in [1.165, 1.54) is 212 Å². The van der Waals surface area contributed by atoms with Crippen LogP contribution in [-0.2, 0) is 14.3 Å². The van der Waals surface area contributed by atoms with Gasteiger partial charge in [-0.3, -0.25) is 4.79 Å². The standard InChI is InChI=1S/C64H119NO8/c1-3-5-7-9-11-13-15-17-19-21-23-24-25-26-27-28-29-30-31-32-33-34-36-37-39-41-43-45-47-49-51-53-58(67)57(56-72-64-63(71)62(70)61(69)59(55-66)73-64)65-60(68)54-52-50-48-46-44-42-40-38-35-22-20-18-16-14-12-10-8-6-4-2/h12,14,18,20,35,38,51,53,57-59,61-64,66-67,69-71H,3-11,13,15-17,19,21-34,36-37,39-50,52,54-56H2,1-2H3,(H,65,68)/b14-12-,20-18-,38-35-,53-51+. The Hall–Kier alpha value is -1.85. The van der Waals surface area contributed by atoms with Crippen LogP contribution in [0.15, 0.2) is 48.6 Å². The fourth-order valence-electron chi connectivity index (χ4n) is 9.93. The first kappa shape index (κ1) is 69.2. The van der Waals surface area contributed by atoms with Gasteiger partial charge < -0.3 is 40.3 Å². The Balaban J connectivity index is 2.17. The van der Waals surface area contributed by atoms with Gasteiger partial charge in [-0.05, 0) is 57.8 Å². The molecule has 0 aromatic heterocycles. The summed E-state index contributed by atoms with van der Waals surface area (Å²) in [4.78, 5) is 13.1. The Morgan fingerprint density at radius 2 is 0.808 bits per heavy atom. The molecule has 0 spiro atoms. The van der Waals surface area contributed by atoms with E-state index in [0.29, 0.717) is 6.42 Å². The number of hydrogen-bond acceptors (Lipinski definition) is 8. The van der Waals surface area contributed by atoms with E-state index in [1.807, 2.05) is 6.08 Å². The summed E-state index contributed by atoms with van der Waals surface area (Å²) in [6.45, 7) is 3.77. The van der Waals surface area contributed by atoms with Crippen LogP contribution >= 0.6 is 0 Å². The van der Waals surface area contributed by atoms with E-state index in [1.54, 1.807) is 6.08 Å². The number of carbonyl (C=O) groups excluding carboxylic acids is 1. The lowest BCUT2D eigenvalue weighted by Crippen LogP contribution is -2.60. The van der Waals surface area contributed by atoms with Crippen LogP contribution in [0.2, 0.25) is 0 Å². The normalized spacial score (nSPS) is 19.4. The quantitative estimate of drug-likeness (QED) is 0.0261. The fraction of sp³-hybridized carbons (Fsp3) is 0.859. The van der Waals surface area contributed by atoms with Gasteiger partial charge in [0.05, 0.1) is 25.4 Å². The number of amides is 1. The van der Waals surface area contributed by atoms with Crippen LogP contribution in [0.5, 0.6) is 0 Å². The molecule has 1 amide bonds. The number of aliphatic hydroxyl groups excluding tert-OH is 5. The van der Waals surface area contributed by atoms with Crippen LogP contribution in [0.3, 0.4) is 0 Å². The molecule has 7 unspecified atom stereocenters. The van der Waals surface area contributed by atoms with E-state index in [9.17, 15) is 30.3 Å². The summed E-state index contributed by atoms with van der Waals surface area (Å²) >= 11 is 0. The molecule has 428 valence electrons. The SMILES string of the molecule is CCCCC/C=C\C/C=C\C/C=C\CCCCCCCCC(=O)NC(COC1OC(CO)C(O)C(O)C1O)C(O)/C=C/CCCCCCCCCCCCCCCCCCCCCCCCCCCCCCC. The van der Waals surface area contributed by atoms with E-state index >= 15 is 0 Å². The molecule has 7 atom stereocenters. The number of unbranched alkanes of at least 4 members (excludes halogenated alkanes) is 38. The molecule has 6 N–H and O–H groups in total. The second-order valence-electron chi connectivity index (χ2n) is 21.9. The lowest BCUT2D eigenvalue weighted by Gasteiger charge is -2.40. The highest BCUT2D eigenvalue weighted by molar-refractivity contribution is 5.76. The van der Waals surface area contributed by atoms with Crippen molar-refractivity contribution in [1.82, 2.24) is 5.32 Å². The number of allylic oxidation sites excluding steroid dienone is 7. The third-order valence-electron chi connectivity index (χ3n) is 14.9. The smallest absolute Gasteiger partial charge is 0.220 e. The molecule has 1 rings (SSSR count). The van der Waals surface area contributed by atoms with Crippen LogP contribution in [0.25, 0.3) is 0 Å². The zero-order valence-electron chi connectivity index (χ0n) is 47.6. The number of carbonyl (C=O) groups is 1. The van der Waals surface area contributed by atoms with Crippen molar-refractivity contribution in [3.63, 3.8) is 0 Å². The van der Waals surface area contributed by atoms with Crippen molar-refractivity contribution in [2.75, 3.05) is 13.2 Å². The van der Waals surface area contributed by atoms with Gasteiger partial charge in [0.2, 0.25) is 5.91 Å². The van der Waals surface area contributed by atoms with Crippen molar-refractivity contribution in [2.24, 2.45) is 0 Å². The maximum atomic E-state index is 13.1. The van der Waals surface area contributed by atoms with E-state index in [4.69, 9.17) is 9.47 Å². The first-order valence-electron chi connectivity index (χ1n) is 31.4. The van der Waals surface area contributed by atoms with Crippen LogP contribution < -0.4 is 5.32 Å². The highest BCUT2D eigenvalue weighted by atomic mass is 16.7. The van der Waals surface area contributed by atoms with Crippen molar-refractivity contribution in [3.8, 4) is 0 Å². The summed E-state index contributed by atoms with van der Waals surface area (Å²) in [7, 11) is 0. The Kier molecular flexibility index (Phi) is 50.7. The molecule has 0 aromatic rings. The third-order valence-corrected chi connectivity index (χ3v) is 14.9. The third kappa shape index (κ3) is 42.9. The van der Waals surface area contributed by atoms with Crippen molar-refractivity contribution in [1.29, 1.82) is 0 Å². The molecule has 1 heterocycles. The molecule has 1 fully saturated rings. The minimum absolute atomic E-state index is 0.187. The van der Waals surface area contributed by atoms with E-state index in [-0.39, 0.29) is 12.5 Å². The molecule has 0 bridgehead atoms. The van der Waals surface area contributed by atoms with Crippen LogP contribution in [0.4, 0.5) is 0 Å². The molecule has 1 aliphatic rings. The minimum atomic E-state index is -1.57. The summed E-state index contributed by atoms with van der Waals surface area (Å²) < 4.78 is 11.3. The molecule has 0 radical (unpaired) electrons. The predicted molar refractivity (Wildman–Crippen MR) is 309 cm³/mol. The van der Waals surface area contributed by atoms with Gasteiger partial charge in [-0.15, -0.1) is 0 Å². The summed E-state index contributed by atoms with van der Waals surface area (Å²) in [5, 5.41) is 54.6. The maximum Gasteiger partial charge on any atom is 0.220 e. The minimum Gasteiger partial charge on any atom is -0.394 e. The molecule has 1 saturated heterocycles. The summed E-state index contributed by atoms with van der Waals surface area (Å²) in [6, 6.07) is -0.814. The molecule has 0 aromatic carbocycles. The van der Waals surface area contributed by atoms with Gasteiger partial charge in [0.15, 0.2) is 6.29 Å². The monoisotopic (exact) mass is 1030 g/mol. The second kappa shape index (κ2) is 53.5. The highest BCUT2D eigenvalue weighted by Crippen LogP contribution is 2.23. The first-order chi connectivity index (χ1) is 35.8. The zero-order valence-corrected chi connectivity index (χ0v) is 47.6. The van der Waals surface area contributed by atoms with Gasteiger partial charge in [-0.2, -0.15) is 0 Å². The predicted octanol–water partition coefficient (Wildman–Crippen LogP) is 16.1. The molecule has 73 heavy (non-hydrogen) atoms. The number of hydrogen-bond donors (Lipinski definition) is 6. The lowest BCUT2D eigenvalue weighted by molar-refractivity contribution is -0.302. The molecule has 1 aliphatic heterocycles. The average Bonchev–Trinajstić information content (AvgIpc) is 3.39. The number of aliphatic hydroxyl groups is 5. The summed E-state index contributed by atoms with van der Waals surface area (Å²) in [5.74, 6) is -0.187. The van der Waals surface area contributed by atoms with Crippen molar-refractivity contribution >= 4 is 5.91 Å². The molecule has 0 aliphatic carbocycles. The largest absolute Gasteiger partial charge is 0.394 e. The fourth-order valence-corrected chi connectivity index (χ4v) is 9.93. The summed E-state index contributed by atoms with van der Waals surface area (Å²) in [5.41, 5.74) is 0. The Morgan fingerprint density at radius 3 is 1.22 bits per heavy atom. The van der Waals surface area contributed by atoms with Crippen LogP contribution in [-0.4, -0.2) is 87.5 Å². The van der Waals surface area contributed by atoms with Gasteiger partial charge in [0.1, 0.15) is 24.4 Å². The van der Waals surface area contributed by atoms with Crippen molar-refractivity contribution < 1.29 is 39.8 Å². The number of rotatable bonds is 54. The Bertz CT molecular complexity index is 1290. The van der Waals surface area contributed by atoms with Gasteiger partial charge in [-0.25, -0.2) is 0 Å². The van der Waals surface area contributed by atoms with E-state index in [2.05, 4.69) is 55.6 Å². The Labute approximate surface area is 450 Å². The van der Waals surface area contributed by atoms with Gasteiger partial charge in [0.25, 0.3) is 0 Å². The first-order valence-corrected chi connectivity index (χ1v) is 31.4. The van der Waals surface area contributed by atoms with Gasteiger partial charge in [-0.1, -0.05) is 281 Å². The zero-order chi connectivity index (χ0) is 52.9. The molecule has 9 nitrogen and oxygen atoms in total. The average molecular weight is 1030 g/mol. The van der Waals surface area contributed by atoms with Crippen molar-refractivity contribution in [2.45, 2.75) is 339 Å². The maximum absolute atomic E-state index is 13.1. The second-order valence-corrected chi connectivity index (χ2v) is 21.9.